The summed E-state index contributed by atoms with van der Waals surface area (Å²) in [5.41, 5.74) is 8.10. The maximum absolute atomic E-state index is 14.1. The quantitative estimate of drug-likeness (QED) is 0.257. The highest BCUT2D eigenvalue weighted by Crippen LogP contribution is 2.22. The van der Waals surface area contributed by atoms with Gasteiger partial charge < -0.3 is 11.1 Å². The SMILES string of the molecule is C[C@H](NC(=O)c1c(N)nn2cccnc12)c1nc2cccc(C#CC[Si](C)(C)C)c2c(=O)n1-c1ccccc1. The van der Waals surface area contributed by atoms with Crippen LogP contribution in [0.25, 0.3) is 22.2 Å². The fraction of sp³-hybridized carbons (Fsp3) is 0.207. The minimum absolute atomic E-state index is 0.0619. The van der Waals surface area contributed by atoms with Crippen molar-refractivity contribution < 1.29 is 4.79 Å². The Labute approximate surface area is 226 Å². The number of amides is 1. The van der Waals surface area contributed by atoms with Crippen molar-refractivity contribution in [1.29, 1.82) is 0 Å². The van der Waals surface area contributed by atoms with Crippen LogP contribution in [0.5, 0.6) is 0 Å². The first-order valence-corrected chi connectivity index (χ1v) is 16.3. The van der Waals surface area contributed by atoms with E-state index in [1.807, 2.05) is 42.5 Å². The van der Waals surface area contributed by atoms with E-state index >= 15 is 0 Å². The molecule has 5 aromatic rings. The van der Waals surface area contributed by atoms with Gasteiger partial charge in [0.05, 0.1) is 30.7 Å². The number of rotatable bonds is 5. The third-order valence-electron chi connectivity index (χ3n) is 6.16. The molecule has 1 atom stereocenters. The fourth-order valence-corrected chi connectivity index (χ4v) is 4.95. The second kappa shape index (κ2) is 10.2. The van der Waals surface area contributed by atoms with Gasteiger partial charge >= 0.3 is 0 Å². The highest BCUT2D eigenvalue weighted by Gasteiger charge is 2.25. The number of nitrogens with zero attached hydrogens (tertiary/aromatic N) is 5. The molecule has 0 unspecified atom stereocenters. The number of anilines is 1. The van der Waals surface area contributed by atoms with Gasteiger partial charge in [-0.1, -0.05) is 49.8 Å². The van der Waals surface area contributed by atoms with Gasteiger partial charge in [0.1, 0.15) is 11.4 Å². The third kappa shape index (κ3) is 5.17. The van der Waals surface area contributed by atoms with E-state index in [-0.39, 0.29) is 16.9 Å². The van der Waals surface area contributed by atoms with E-state index in [1.54, 1.807) is 31.5 Å². The largest absolute Gasteiger partial charge is 0.381 e. The average molecular weight is 536 g/mol. The maximum atomic E-state index is 14.1. The van der Waals surface area contributed by atoms with E-state index in [4.69, 9.17) is 10.7 Å². The smallest absolute Gasteiger partial charge is 0.267 e. The van der Waals surface area contributed by atoms with Crippen LogP contribution in [-0.2, 0) is 0 Å². The van der Waals surface area contributed by atoms with Gasteiger partial charge in [-0.25, -0.2) is 14.5 Å². The molecule has 3 N–H and O–H groups in total. The highest BCUT2D eigenvalue weighted by molar-refractivity contribution is 6.76. The Kier molecular flexibility index (Phi) is 6.76. The summed E-state index contributed by atoms with van der Waals surface area (Å²) in [6.07, 6.45) is 3.24. The van der Waals surface area contributed by atoms with Crippen molar-refractivity contribution in [2.24, 2.45) is 0 Å². The summed E-state index contributed by atoms with van der Waals surface area (Å²) in [5, 5.41) is 7.56. The number of nitrogens with one attached hydrogen (secondary N) is 1. The van der Waals surface area contributed by atoms with Crippen LogP contribution in [-0.4, -0.2) is 38.1 Å². The summed E-state index contributed by atoms with van der Waals surface area (Å²) in [6.45, 7) is 8.55. The lowest BCUT2D eigenvalue weighted by molar-refractivity contribution is 0.0940. The second-order valence-electron chi connectivity index (χ2n) is 10.5. The van der Waals surface area contributed by atoms with Crippen molar-refractivity contribution in [3.05, 3.63) is 94.3 Å². The van der Waals surface area contributed by atoms with Gasteiger partial charge in [0.15, 0.2) is 11.5 Å². The molecule has 0 aliphatic carbocycles. The summed E-state index contributed by atoms with van der Waals surface area (Å²) in [7, 11) is -1.37. The molecule has 0 spiro atoms. The van der Waals surface area contributed by atoms with Crippen molar-refractivity contribution in [2.45, 2.75) is 38.7 Å². The van der Waals surface area contributed by atoms with E-state index in [0.29, 0.717) is 33.6 Å². The molecule has 0 radical (unpaired) electrons. The predicted molar refractivity (Wildman–Crippen MR) is 156 cm³/mol. The Morgan fingerprint density at radius 3 is 2.62 bits per heavy atom. The van der Waals surface area contributed by atoms with Crippen LogP contribution in [0.3, 0.4) is 0 Å². The second-order valence-corrected chi connectivity index (χ2v) is 16.0. The number of nitrogen functional groups attached to an aromatic ring is 1. The van der Waals surface area contributed by atoms with Crippen LogP contribution in [0.1, 0.15) is 34.7 Å². The lowest BCUT2D eigenvalue weighted by Gasteiger charge is -2.20. The molecule has 0 bridgehead atoms. The zero-order valence-corrected chi connectivity index (χ0v) is 23.3. The summed E-state index contributed by atoms with van der Waals surface area (Å²) < 4.78 is 2.99. The first kappa shape index (κ1) is 25.9. The number of aromatic nitrogens is 5. The minimum atomic E-state index is -1.37. The number of para-hydroxylation sites is 1. The maximum Gasteiger partial charge on any atom is 0.267 e. The van der Waals surface area contributed by atoms with Crippen LogP contribution in [0, 0.1) is 11.8 Å². The zero-order chi connectivity index (χ0) is 27.7. The molecule has 1 amide bonds. The van der Waals surface area contributed by atoms with E-state index in [0.717, 1.165) is 6.04 Å². The van der Waals surface area contributed by atoms with Crippen molar-refractivity contribution in [1.82, 2.24) is 29.5 Å². The molecule has 9 nitrogen and oxygen atoms in total. The van der Waals surface area contributed by atoms with E-state index < -0.39 is 20.0 Å². The molecule has 3 aromatic heterocycles. The Balaban J connectivity index is 1.63. The monoisotopic (exact) mass is 535 g/mol. The number of carbonyl (C=O) groups is 1. The highest BCUT2D eigenvalue weighted by atomic mass is 28.3. The van der Waals surface area contributed by atoms with Crippen LogP contribution in [0.2, 0.25) is 25.7 Å². The lowest BCUT2D eigenvalue weighted by Crippen LogP contribution is -2.33. The van der Waals surface area contributed by atoms with Gasteiger partial charge in [-0.05, 0) is 37.3 Å². The fourth-order valence-electron chi connectivity index (χ4n) is 4.33. The summed E-state index contributed by atoms with van der Waals surface area (Å²) >= 11 is 0. The number of fused-ring (bicyclic) bond motifs is 2. The summed E-state index contributed by atoms with van der Waals surface area (Å²) in [6, 6.07) is 16.6. The van der Waals surface area contributed by atoms with E-state index in [2.05, 4.69) is 46.9 Å². The minimum Gasteiger partial charge on any atom is -0.381 e. The van der Waals surface area contributed by atoms with Gasteiger partial charge in [0.25, 0.3) is 11.5 Å². The first-order valence-electron chi connectivity index (χ1n) is 12.6. The molecule has 196 valence electrons. The molecule has 0 saturated carbocycles. The van der Waals surface area contributed by atoms with Gasteiger partial charge in [0, 0.05) is 24.0 Å². The number of benzene rings is 2. The predicted octanol–water partition coefficient (Wildman–Crippen LogP) is 4.19. The van der Waals surface area contributed by atoms with Gasteiger partial charge in [-0.15, -0.1) is 11.0 Å². The van der Waals surface area contributed by atoms with Crippen molar-refractivity contribution >= 4 is 36.3 Å². The number of nitrogens with two attached hydrogens (primary N) is 1. The standard InChI is InChI=1S/C29H29N7O2Si/c1-19(32-28(37)24-25(30)34-35-17-10-16-31-27(24)35)26-33-22-15-8-11-20(12-9-18-39(2,3)4)23(22)29(38)36(26)21-13-6-5-7-14-21/h5-8,10-11,13-17,19H,18H2,1-4H3,(H2,30,34)(H,32,37)/t19-/m0/s1. The molecule has 5 rings (SSSR count). The molecule has 10 heteroatoms. The number of carbonyl (C=O) groups excluding carboxylic acids is 1. The van der Waals surface area contributed by atoms with E-state index in [1.165, 1.54) is 9.08 Å². The zero-order valence-electron chi connectivity index (χ0n) is 22.3. The molecule has 0 fully saturated rings. The molecule has 0 aliphatic rings. The van der Waals surface area contributed by atoms with Gasteiger partial charge in [-0.2, -0.15) is 0 Å². The number of hydrogen-bond donors (Lipinski definition) is 2. The topological polar surface area (TPSA) is 120 Å². The summed E-state index contributed by atoms with van der Waals surface area (Å²) in [4.78, 5) is 36.6. The number of hydrogen-bond acceptors (Lipinski definition) is 6. The van der Waals surface area contributed by atoms with Crippen LogP contribution in [0.4, 0.5) is 5.82 Å². The van der Waals surface area contributed by atoms with Crippen molar-refractivity contribution in [3.63, 3.8) is 0 Å². The normalized spacial score (nSPS) is 12.2. The van der Waals surface area contributed by atoms with Crippen LogP contribution >= 0.6 is 0 Å². The molecule has 3 heterocycles. The molecule has 2 aromatic carbocycles. The van der Waals surface area contributed by atoms with Crippen LogP contribution < -0.4 is 16.6 Å². The third-order valence-corrected chi connectivity index (χ3v) is 7.40. The average Bonchev–Trinajstić information content (AvgIpc) is 3.24. The molecule has 0 saturated heterocycles. The van der Waals surface area contributed by atoms with Gasteiger partial charge in [-0.3, -0.25) is 14.2 Å². The Bertz CT molecular complexity index is 1830. The molecular weight excluding hydrogens is 506 g/mol. The summed E-state index contributed by atoms with van der Waals surface area (Å²) in [5.74, 6) is 6.47. The van der Waals surface area contributed by atoms with Crippen molar-refractivity contribution in [2.75, 3.05) is 5.73 Å². The van der Waals surface area contributed by atoms with Crippen molar-refractivity contribution in [3.8, 4) is 17.5 Å². The Hall–Kier alpha value is -4.75. The first-order chi connectivity index (χ1) is 18.6. The lowest BCUT2D eigenvalue weighted by atomic mass is 10.1. The Morgan fingerprint density at radius 1 is 1.10 bits per heavy atom. The Morgan fingerprint density at radius 2 is 1.87 bits per heavy atom. The van der Waals surface area contributed by atoms with Crippen LogP contribution in [0.15, 0.2) is 71.8 Å². The van der Waals surface area contributed by atoms with Gasteiger partial charge in [0.2, 0.25) is 0 Å². The molecule has 0 aliphatic heterocycles. The van der Waals surface area contributed by atoms with E-state index in [9.17, 15) is 9.59 Å². The molecular formula is C29H29N7O2Si. The molecule has 39 heavy (non-hydrogen) atoms.